The first kappa shape index (κ1) is 13.2. The van der Waals surface area contributed by atoms with Crippen LogP contribution < -0.4 is 10.1 Å². The van der Waals surface area contributed by atoms with Gasteiger partial charge in [-0.1, -0.05) is 22.9 Å². The molecule has 17 heavy (non-hydrogen) atoms. The molecule has 1 heterocycles. The van der Waals surface area contributed by atoms with Crippen LogP contribution in [0.2, 0.25) is 0 Å². The van der Waals surface area contributed by atoms with Crippen LogP contribution in [-0.2, 0) is 5.75 Å². The third-order valence-electron chi connectivity index (χ3n) is 3.32. The van der Waals surface area contributed by atoms with E-state index in [2.05, 4.69) is 34.2 Å². The Morgan fingerprint density at radius 2 is 2.29 bits per heavy atom. The first-order valence-corrected chi connectivity index (χ1v) is 7.71. The molecule has 0 saturated heterocycles. The van der Waals surface area contributed by atoms with Crippen LogP contribution in [0.15, 0.2) is 16.6 Å². The zero-order valence-corrected chi connectivity index (χ0v) is 12.8. The molecule has 0 fully saturated rings. The third-order valence-corrected chi connectivity index (χ3v) is 5.50. The molecule has 94 valence electrons. The number of rotatable bonds is 3. The second kappa shape index (κ2) is 5.63. The van der Waals surface area contributed by atoms with Gasteiger partial charge < -0.3 is 10.1 Å². The van der Waals surface area contributed by atoms with Crippen LogP contribution in [-0.4, -0.2) is 19.4 Å². The number of hydrogen-bond donors (Lipinski definition) is 1. The predicted octanol–water partition coefficient (Wildman–Crippen LogP) is 3.74. The minimum Gasteiger partial charge on any atom is -0.496 e. The quantitative estimate of drug-likeness (QED) is 0.918. The van der Waals surface area contributed by atoms with E-state index < -0.39 is 0 Å². The molecule has 1 aromatic rings. The van der Waals surface area contributed by atoms with E-state index in [1.54, 1.807) is 7.11 Å². The smallest absolute Gasteiger partial charge is 0.123 e. The van der Waals surface area contributed by atoms with Crippen LogP contribution in [0, 0.1) is 0 Å². The Morgan fingerprint density at radius 3 is 2.88 bits per heavy atom. The van der Waals surface area contributed by atoms with E-state index in [0.29, 0.717) is 11.3 Å². The van der Waals surface area contributed by atoms with Gasteiger partial charge in [-0.25, -0.2) is 0 Å². The van der Waals surface area contributed by atoms with Gasteiger partial charge >= 0.3 is 0 Å². The van der Waals surface area contributed by atoms with Gasteiger partial charge in [0.1, 0.15) is 5.75 Å². The maximum absolute atomic E-state index is 5.47. The van der Waals surface area contributed by atoms with Crippen molar-refractivity contribution in [3.05, 3.63) is 27.7 Å². The van der Waals surface area contributed by atoms with Gasteiger partial charge in [0.2, 0.25) is 0 Å². The first-order chi connectivity index (χ1) is 8.22. The standard InChI is InChI=1S/C13H18BrNOS/c1-4-11-13(15-2)12-8(7-17-11)10(16-3)6-5-9(12)14/h5-6,11,13,15H,4,7H2,1-3H3. The molecule has 0 bridgehead atoms. The summed E-state index contributed by atoms with van der Waals surface area (Å²) >= 11 is 5.69. The van der Waals surface area contributed by atoms with Crippen molar-refractivity contribution in [2.24, 2.45) is 0 Å². The molecular weight excluding hydrogens is 298 g/mol. The van der Waals surface area contributed by atoms with Crippen molar-refractivity contribution in [2.45, 2.75) is 30.4 Å². The Labute approximate surface area is 116 Å². The van der Waals surface area contributed by atoms with Crippen LogP contribution >= 0.6 is 27.7 Å². The normalized spacial score (nSPS) is 23.3. The van der Waals surface area contributed by atoms with Crippen LogP contribution in [0.25, 0.3) is 0 Å². The van der Waals surface area contributed by atoms with Crippen molar-refractivity contribution < 1.29 is 4.74 Å². The summed E-state index contributed by atoms with van der Waals surface area (Å²) in [6.45, 7) is 2.25. The highest BCUT2D eigenvalue weighted by molar-refractivity contribution is 9.10. The van der Waals surface area contributed by atoms with Gasteiger partial charge in [-0.2, -0.15) is 11.8 Å². The van der Waals surface area contributed by atoms with Gasteiger partial charge in [-0.05, 0) is 31.2 Å². The molecule has 2 unspecified atom stereocenters. The highest BCUT2D eigenvalue weighted by Crippen LogP contribution is 2.45. The lowest BCUT2D eigenvalue weighted by Crippen LogP contribution is -2.31. The fourth-order valence-electron chi connectivity index (χ4n) is 2.45. The average Bonchev–Trinajstić information content (AvgIpc) is 2.37. The van der Waals surface area contributed by atoms with E-state index in [1.165, 1.54) is 22.0 Å². The fraction of sp³-hybridized carbons (Fsp3) is 0.538. The van der Waals surface area contributed by atoms with Gasteiger partial charge in [0.05, 0.1) is 7.11 Å². The maximum atomic E-state index is 5.47. The molecule has 0 aliphatic carbocycles. The Hall–Kier alpha value is -0.190. The van der Waals surface area contributed by atoms with E-state index in [0.717, 1.165) is 11.5 Å². The summed E-state index contributed by atoms with van der Waals surface area (Å²) < 4.78 is 6.65. The van der Waals surface area contributed by atoms with Crippen LogP contribution in [0.3, 0.4) is 0 Å². The number of methoxy groups -OCH3 is 1. The number of halogens is 1. The Kier molecular flexibility index (Phi) is 4.39. The van der Waals surface area contributed by atoms with Crippen molar-refractivity contribution >= 4 is 27.7 Å². The molecule has 0 amide bonds. The molecule has 0 radical (unpaired) electrons. The highest BCUT2D eigenvalue weighted by Gasteiger charge is 2.31. The number of fused-ring (bicyclic) bond motifs is 1. The van der Waals surface area contributed by atoms with Crippen LogP contribution in [0.4, 0.5) is 0 Å². The molecule has 1 aromatic carbocycles. The minimum absolute atomic E-state index is 0.401. The van der Waals surface area contributed by atoms with Crippen molar-refractivity contribution in [3.63, 3.8) is 0 Å². The monoisotopic (exact) mass is 315 g/mol. The molecule has 2 rings (SSSR count). The summed E-state index contributed by atoms with van der Waals surface area (Å²) in [5.41, 5.74) is 2.70. The number of benzene rings is 1. The van der Waals surface area contributed by atoms with Crippen molar-refractivity contribution in [2.75, 3.05) is 14.2 Å². The molecule has 1 aliphatic heterocycles. The van der Waals surface area contributed by atoms with Crippen molar-refractivity contribution in [1.29, 1.82) is 0 Å². The highest BCUT2D eigenvalue weighted by atomic mass is 79.9. The second-order valence-electron chi connectivity index (χ2n) is 4.17. The van der Waals surface area contributed by atoms with E-state index in [4.69, 9.17) is 4.74 Å². The summed E-state index contributed by atoms with van der Waals surface area (Å²) in [5.74, 6) is 2.04. The van der Waals surface area contributed by atoms with Crippen LogP contribution in [0.5, 0.6) is 5.75 Å². The van der Waals surface area contributed by atoms with E-state index in [-0.39, 0.29) is 0 Å². The van der Waals surface area contributed by atoms with Crippen molar-refractivity contribution in [1.82, 2.24) is 5.32 Å². The molecule has 4 heteroatoms. The third kappa shape index (κ3) is 2.35. The lowest BCUT2D eigenvalue weighted by atomic mass is 9.96. The molecule has 1 aliphatic rings. The molecule has 0 saturated carbocycles. The topological polar surface area (TPSA) is 21.3 Å². The Bertz CT molecular complexity index is 411. The average molecular weight is 316 g/mol. The van der Waals surface area contributed by atoms with E-state index >= 15 is 0 Å². The zero-order chi connectivity index (χ0) is 12.4. The second-order valence-corrected chi connectivity index (χ2v) is 6.25. The number of hydrogen-bond acceptors (Lipinski definition) is 3. The molecule has 0 aromatic heterocycles. The summed E-state index contributed by atoms with van der Waals surface area (Å²) in [7, 11) is 3.78. The fourth-order valence-corrected chi connectivity index (χ4v) is 4.45. The molecule has 1 N–H and O–H groups in total. The lowest BCUT2D eigenvalue weighted by molar-refractivity contribution is 0.408. The van der Waals surface area contributed by atoms with Gasteiger partial charge in [0.25, 0.3) is 0 Å². The van der Waals surface area contributed by atoms with Crippen molar-refractivity contribution in [3.8, 4) is 5.75 Å². The summed E-state index contributed by atoms with van der Waals surface area (Å²) in [4.78, 5) is 0. The lowest BCUT2D eigenvalue weighted by Gasteiger charge is -2.34. The van der Waals surface area contributed by atoms with Crippen LogP contribution in [0.1, 0.15) is 30.5 Å². The largest absolute Gasteiger partial charge is 0.496 e. The predicted molar refractivity (Wildman–Crippen MR) is 77.9 cm³/mol. The summed E-state index contributed by atoms with van der Waals surface area (Å²) in [6.07, 6.45) is 1.18. The Morgan fingerprint density at radius 1 is 1.53 bits per heavy atom. The SMILES string of the molecule is CCC1SCc2c(OC)ccc(Br)c2C1NC. The van der Waals surface area contributed by atoms with E-state index in [1.807, 2.05) is 24.9 Å². The summed E-state index contributed by atoms with van der Waals surface area (Å²) in [6, 6.07) is 4.53. The number of thioether (sulfide) groups is 1. The van der Waals surface area contributed by atoms with E-state index in [9.17, 15) is 0 Å². The van der Waals surface area contributed by atoms with Gasteiger partial charge in [-0.15, -0.1) is 0 Å². The first-order valence-electron chi connectivity index (χ1n) is 5.87. The molecule has 2 nitrogen and oxygen atoms in total. The maximum Gasteiger partial charge on any atom is 0.123 e. The molecule has 0 spiro atoms. The van der Waals surface area contributed by atoms with Gasteiger partial charge in [0, 0.05) is 27.1 Å². The zero-order valence-electron chi connectivity index (χ0n) is 10.4. The Balaban J connectivity index is 2.52. The number of ether oxygens (including phenoxy) is 1. The van der Waals surface area contributed by atoms with Gasteiger partial charge in [-0.3, -0.25) is 0 Å². The minimum atomic E-state index is 0.401. The number of nitrogens with one attached hydrogen (secondary N) is 1. The summed E-state index contributed by atoms with van der Waals surface area (Å²) in [5, 5.41) is 4.08. The molecule has 2 atom stereocenters. The van der Waals surface area contributed by atoms with Gasteiger partial charge in [0.15, 0.2) is 0 Å². The molecular formula is C13H18BrNOS.